The van der Waals surface area contributed by atoms with Gasteiger partial charge in [-0.25, -0.2) is 0 Å². The van der Waals surface area contributed by atoms with Crippen molar-refractivity contribution < 1.29 is 9.59 Å². The molecule has 0 aromatic heterocycles. The molecule has 1 atom stereocenters. The van der Waals surface area contributed by atoms with Crippen LogP contribution in [0.3, 0.4) is 0 Å². The molecule has 1 unspecified atom stereocenters. The van der Waals surface area contributed by atoms with Crippen LogP contribution in [-0.2, 0) is 11.2 Å². The minimum Gasteiger partial charge on any atom is -0.357 e. The van der Waals surface area contributed by atoms with Crippen molar-refractivity contribution in [2.45, 2.75) is 12.5 Å². The number of benzene rings is 2. The van der Waals surface area contributed by atoms with Crippen molar-refractivity contribution in [1.29, 1.82) is 0 Å². The summed E-state index contributed by atoms with van der Waals surface area (Å²) in [7, 11) is 1.59. The highest BCUT2D eigenvalue weighted by atomic mass is 79.9. The minimum absolute atomic E-state index is 0.151. The average Bonchev–Trinajstić information content (AvgIpc) is 2.93. The summed E-state index contributed by atoms with van der Waals surface area (Å²) < 4.78 is 0.911. The molecule has 2 amide bonds. The first-order chi connectivity index (χ1) is 10.6. The zero-order chi connectivity index (χ0) is 15.7. The van der Waals surface area contributed by atoms with Gasteiger partial charge < -0.3 is 5.32 Å². The number of hydrogen-bond acceptors (Lipinski definition) is 2. The van der Waals surface area contributed by atoms with Gasteiger partial charge in [0.05, 0.1) is 0 Å². The lowest BCUT2D eigenvalue weighted by Crippen LogP contribution is -2.47. The highest BCUT2D eigenvalue weighted by molar-refractivity contribution is 9.10. The fourth-order valence-electron chi connectivity index (χ4n) is 2.74. The van der Waals surface area contributed by atoms with Gasteiger partial charge in [0.2, 0.25) is 5.91 Å². The van der Waals surface area contributed by atoms with E-state index in [1.54, 1.807) is 24.1 Å². The maximum absolute atomic E-state index is 12.9. The molecule has 0 spiro atoms. The van der Waals surface area contributed by atoms with Crippen molar-refractivity contribution in [3.8, 4) is 0 Å². The molecule has 1 aliphatic heterocycles. The fraction of sp³-hybridized carbons (Fsp3) is 0.176. The molecule has 0 bridgehead atoms. The quantitative estimate of drug-likeness (QED) is 0.897. The van der Waals surface area contributed by atoms with Gasteiger partial charge in [0.1, 0.15) is 6.04 Å². The molecule has 2 aromatic rings. The molecule has 3 rings (SSSR count). The third-order valence-corrected chi connectivity index (χ3v) is 4.36. The van der Waals surface area contributed by atoms with Crippen molar-refractivity contribution in [3.63, 3.8) is 0 Å². The number of amides is 2. The van der Waals surface area contributed by atoms with Gasteiger partial charge in [0.15, 0.2) is 0 Å². The van der Waals surface area contributed by atoms with Crippen LogP contribution < -0.4 is 10.2 Å². The van der Waals surface area contributed by atoms with Gasteiger partial charge in [-0.05, 0) is 35.9 Å². The summed E-state index contributed by atoms with van der Waals surface area (Å²) in [6, 6.07) is 14.3. The highest BCUT2D eigenvalue weighted by Gasteiger charge is 2.38. The van der Waals surface area contributed by atoms with Crippen molar-refractivity contribution in [2.24, 2.45) is 0 Å². The van der Waals surface area contributed by atoms with Crippen LogP contribution in [0.15, 0.2) is 53.0 Å². The number of fused-ring (bicyclic) bond motifs is 1. The second kappa shape index (κ2) is 5.93. The molecule has 5 heteroatoms. The Morgan fingerprint density at radius 3 is 2.50 bits per heavy atom. The van der Waals surface area contributed by atoms with E-state index in [-0.39, 0.29) is 11.8 Å². The number of carbonyl (C=O) groups is 2. The Bertz CT molecular complexity index is 728. The Morgan fingerprint density at radius 1 is 1.14 bits per heavy atom. The van der Waals surface area contributed by atoms with Crippen molar-refractivity contribution in [1.82, 2.24) is 5.32 Å². The van der Waals surface area contributed by atoms with E-state index in [1.165, 1.54) is 0 Å². The monoisotopic (exact) mass is 358 g/mol. The normalized spacial score (nSPS) is 16.3. The van der Waals surface area contributed by atoms with Gasteiger partial charge in [-0.1, -0.05) is 34.1 Å². The fourth-order valence-corrected chi connectivity index (χ4v) is 3.01. The molecule has 0 saturated carbocycles. The van der Waals surface area contributed by atoms with E-state index in [4.69, 9.17) is 0 Å². The lowest BCUT2D eigenvalue weighted by atomic mass is 10.1. The minimum atomic E-state index is -0.501. The molecule has 2 aromatic carbocycles. The Morgan fingerprint density at radius 2 is 1.82 bits per heavy atom. The molecule has 1 aliphatic rings. The van der Waals surface area contributed by atoms with E-state index in [2.05, 4.69) is 21.2 Å². The third-order valence-electron chi connectivity index (χ3n) is 3.84. The zero-order valence-electron chi connectivity index (χ0n) is 12.0. The van der Waals surface area contributed by atoms with E-state index in [0.717, 1.165) is 15.7 Å². The summed E-state index contributed by atoms with van der Waals surface area (Å²) in [4.78, 5) is 26.6. The van der Waals surface area contributed by atoms with Crippen LogP contribution in [0.5, 0.6) is 0 Å². The molecule has 1 heterocycles. The van der Waals surface area contributed by atoms with Crippen LogP contribution in [0, 0.1) is 0 Å². The van der Waals surface area contributed by atoms with Gasteiger partial charge in [0, 0.05) is 29.2 Å². The SMILES string of the molecule is CNC(=O)C1Cc2ccccc2N1C(=O)c1ccc(Br)cc1. The predicted octanol–water partition coefficient (Wildman–Crippen LogP) is 2.77. The molecule has 0 saturated heterocycles. The number of halogens is 1. The van der Waals surface area contributed by atoms with E-state index >= 15 is 0 Å². The van der Waals surface area contributed by atoms with Crippen molar-refractivity contribution in [3.05, 3.63) is 64.1 Å². The molecule has 0 fully saturated rings. The number of carbonyl (C=O) groups excluding carboxylic acids is 2. The van der Waals surface area contributed by atoms with Gasteiger partial charge in [-0.2, -0.15) is 0 Å². The van der Waals surface area contributed by atoms with E-state index < -0.39 is 6.04 Å². The van der Waals surface area contributed by atoms with Crippen LogP contribution in [0.2, 0.25) is 0 Å². The first-order valence-corrected chi connectivity index (χ1v) is 7.79. The number of rotatable bonds is 2. The van der Waals surface area contributed by atoms with Crippen LogP contribution in [-0.4, -0.2) is 24.9 Å². The Kier molecular flexibility index (Phi) is 3.98. The molecule has 0 aliphatic carbocycles. The molecule has 4 nitrogen and oxygen atoms in total. The van der Waals surface area contributed by atoms with Gasteiger partial charge >= 0.3 is 0 Å². The number of likely N-dealkylation sites (N-methyl/N-ethyl adjacent to an activating group) is 1. The smallest absolute Gasteiger partial charge is 0.259 e. The van der Waals surface area contributed by atoms with E-state index in [1.807, 2.05) is 36.4 Å². The summed E-state index contributed by atoms with van der Waals surface area (Å²) in [5.41, 5.74) is 2.39. The summed E-state index contributed by atoms with van der Waals surface area (Å²) in [5, 5.41) is 2.65. The lowest BCUT2D eigenvalue weighted by molar-refractivity contribution is -0.121. The molecule has 1 N–H and O–H groups in total. The molecular weight excluding hydrogens is 344 g/mol. The third kappa shape index (κ3) is 2.52. The second-order valence-electron chi connectivity index (χ2n) is 5.14. The van der Waals surface area contributed by atoms with Crippen LogP contribution in [0.4, 0.5) is 5.69 Å². The molecule has 112 valence electrons. The van der Waals surface area contributed by atoms with Gasteiger partial charge in [0.25, 0.3) is 5.91 Å². The Hall–Kier alpha value is -2.14. The molecule has 0 radical (unpaired) electrons. The second-order valence-corrected chi connectivity index (χ2v) is 6.06. The van der Waals surface area contributed by atoms with Crippen LogP contribution >= 0.6 is 15.9 Å². The standard InChI is InChI=1S/C17H15BrN2O2/c1-19-16(21)15-10-12-4-2-3-5-14(12)20(15)17(22)11-6-8-13(18)9-7-11/h2-9,15H,10H2,1H3,(H,19,21). The van der Waals surface area contributed by atoms with E-state index in [0.29, 0.717) is 12.0 Å². The van der Waals surface area contributed by atoms with Gasteiger partial charge in [-0.15, -0.1) is 0 Å². The Labute approximate surface area is 137 Å². The maximum atomic E-state index is 12.9. The number of nitrogens with zero attached hydrogens (tertiary/aromatic N) is 1. The Balaban J connectivity index is 2.02. The first-order valence-electron chi connectivity index (χ1n) is 7.00. The average molecular weight is 359 g/mol. The highest BCUT2D eigenvalue weighted by Crippen LogP contribution is 2.33. The number of anilines is 1. The lowest BCUT2D eigenvalue weighted by Gasteiger charge is -2.24. The predicted molar refractivity (Wildman–Crippen MR) is 89.0 cm³/mol. The number of hydrogen-bond donors (Lipinski definition) is 1. The maximum Gasteiger partial charge on any atom is 0.259 e. The topological polar surface area (TPSA) is 49.4 Å². The number of nitrogens with one attached hydrogen (secondary N) is 1. The molecule has 22 heavy (non-hydrogen) atoms. The van der Waals surface area contributed by atoms with E-state index in [9.17, 15) is 9.59 Å². The van der Waals surface area contributed by atoms with Gasteiger partial charge in [-0.3, -0.25) is 14.5 Å². The largest absolute Gasteiger partial charge is 0.357 e. The van der Waals surface area contributed by atoms with Crippen molar-refractivity contribution >= 4 is 33.4 Å². The van der Waals surface area contributed by atoms with Crippen LogP contribution in [0.1, 0.15) is 15.9 Å². The summed E-state index contributed by atoms with van der Waals surface area (Å²) in [5.74, 6) is -0.312. The van der Waals surface area contributed by atoms with Crippen LogP contribution in [0.25, 0.3) is 0 Å². The summed E-state index contributed by atoms with van der Waals surface area (Å²) in [6.07, 6.45) is 0.540. The summed E-state index contributed by atoms with van der Waals surface area (Å²) in [6.45, 7) is 0. The zero-order valence-corrected chi connectivity index (χ0v) is 13.6. The first kappa shape index (κ1) is 14.8. The molecular formula is C17H15BrN2O2. The van der Waals surface area contributed by atoms with Crippen molar-refractivity contribution in [2.75, 3.05) is 11.9 Å². The number of para-hydroxylation sites is 1. The summed E-state index contributed by atoms with van der Waals surface area (Å²) >= 11 is 3.36.